The molecule has 3 rings (SSSR count). The van der Waals surface area contributed by atoms with Crippen molar-refractivity contribution in [1.29, 1.82) is 0 Å². The van der Waals surface area contributed by atoms with Gasteiger partial charge in [-0.05, 0) is 55.7 Å². The number of hydrogen-bond acceptors (Lipinski definition) is 7. The maximum atomic E-state index is 6.15. The van der Waals surface area contributed by atoms with E-state index in [0.29, 0.717) is 25.5 Å². The molecule has 7 heteroatoms. The number of aromatic nitrogens is 2. The van der Waals surface area contributed by atoms with E-state index in [1.54, 1.807) is 6.20 Å². The van der Waals surface area contributed by atoms with Crippen LogP contribution in [-0.2, 0) is 6.42 Å². The first-order chi connectivity index (χ1) is 13.9. The molecule has 0 fully saturated rings. The lowest BCUT2D eigenvalue weighted by atomic mass is 9.97. The quantitative estimate of drug-likeness (QED) is 0.524. The van der Waals surface area contributed by atoms with Crippen molar-refractivity contribution >= 4 is 17.5 Å². The molecule has 0 amide bonds. The predicted molar refractivity (Wildman–Crippen MR) is 117 cm³/mol. The van der Waals surface area contributed by atoms with E-state index in [9.17, 15) is 0 Å². The number of aryl methyl sites for hydroxylation is 1. The van der Waals surface area contributed by atoms with E-state index >= 15 is 0 Å². The standard InChI is InChI=1S/C22H27N5O2/c1-4-28-18-9-14(8-16-12-26-22(25)27-21(16)24)10-19(29-5-2)20(18)15-7-6-13(3)17(23)11-15/h6-7,9-12H,4-5,8,23H2,1-3H3,(H4,24,25,26,27). The summed E-state index contributed by atoms with van der Waals surface area (Å²) in [6.45, 7) is 6.93. The fraction of sp³-hybridized carbons (Fsp3) is 0.273. The summed E-state index contributed by atoms with van der Waals surface area (Å²) >= 11 is 0. The lowest BCUT2D eigenvalue weighted by Crippen LogP contribution is -2.05. The average Bonchev–Trinajstić information content (AvgIpc) is 2.67. The Balaban J connectivity index is 2.11. The molecular weight excluding hydrogens is 366 g/mol. The molecule has 0 atom stereocenters. The van der Waals surface area contributed by atoms with Gasteiger partial charge < -0.3 is 26.7 Å². The van der Waals surface area contributed by atoms with Crippen LogP contribution in [0.1, 0.15) is 30.5 Å². The second kappa shape index (κ2) is 8.68. The maximum Gasteiger partial charge on any atom is 0.221 e. The Bertz CT molecular complexity index is 993. The summed E-state index contributed by atoms with van der Waals surface area (Å²) in [5.74, 6) is 1.98. The summed E-state index contributed by atoms with van der Waals surface area (Å²) in [5.41, 5.74) is 23.1. The molecule has 0 aliphatic heterocycles. The van der Waals surface area contributed by atoms with Crippen molar-refractivity contribution in [2.24, 2.45) is 0 Å². The number of nitrogen functional groups attached to an aromatic ring is 3. The number of ether oxygens (including phenoxy) is 2. The summed E-state index contributed by atoms with van der Waals surface area (Å²) in [4.78, 5) is 8.09. The summed E-state index contributed by atoms with van der Waals surface area (Å²) < 4.78 is 11.9. The molecular formula is C22H27N5O2. The molecule has 0 saturated carbocycles. The fourth-order valence-corrected chi connectivity index (χ4v) is 3.16. The van der Waals surface area contributed by atoms with Crippen LogP contribution in [0.2, 0.25) is 0 Å². The van der Waals surface area contributed by atoms with Gasteiger partial charge >= 0.3 is 0 Å². The van der Waals surface area contributed by atoms with Crippen molar-refractivity contribution in [3.63, 3.8) is 0 Å². The highest BCUT2D eigenvalue weighted by Crippen LogP contribution is 2.41. The Morgan fingerprint density at radius 1 is 0.931 bits per heavy atom. The molecule has 0 saturated heterocycles. The first-order valence-electron chi connectivity index (χ1n) is 9.58. The molecule has 29 heavy (non-hydrogen) atoms. The smallest absolute Gasteiger partial charge is 0.221 e. The van der Waals surface area contributed by atoms with Crippen LogP contribution in [0.5, 0.6) is 11.5 Å². The molecule has 0 radical (unpaired) electrons. The van der Waals surface area contributed by atoms with E-state index in [-0.39, 0.29) is 5.95 Å². The van der Waals surface area contributed by atoms with Crippen LogP contribution in [0.25, 0.3) is 11.1 Å². The van der Waals surface area contributed by atoms with Crippen molar-refractivity contribution < 1.29 is 9.47 Å². The molecule has 2 aromatic carbocycles. The molecule has 0 spiro atoms. The molecule has 0 unspecified atom stereocenters. The van der Waals surface area contributed by atoms with E-state index in [4.69, 9.17) is 26.7 Å². The number of nitrogens with zero attached hydrogens (tertiary/aromatic N) is 2. The molecule has 152 valence electrons. The first-order valence-corrected chi connectivity index (χ1v) is 9.58. The van der Waals surface area contributed by atoms with Crippen LogP contribution in [-0.4, -0.2) is 23.2 Å². The van der Waals surface area contributed by atoms with Crippen molar-refractivity contribution in [3.8, 4) is 22.6 Å². The Labute approximate surface area is 170 Å². The van der Waals surface area contributed by atoms with Gasteiger partial charge in [-0.1, -0.05) is 12.1 Å². The van der Waals surface area contributed by atoms with E-state index in [2.05, 4.69) is 9.97 Å². The van der Waals surface area contributed by atoms with E-state index in [1.807, 2.05) is 51.1 Å². The normalized spacial score (nSPS) is 10.7. The van der Waals surface area contributed by atoms with E-state index in [0.717, 1.165) is 45.0 Å². The van der Waals surface area contributed by atoms with Gasteiger partial charge in [0.05, 0.1) is 18.8 Å². The second-order valence-electron chi connectivity index (χ2n) is 6.72. The third-order valence-corrected chi connectivity index (χ3v) is 4.60. The van der Waals surface area contributed by atoms with Crippen molar-refractivity contribution in [1.82, 2.24) is 9.97 Å². The van der Waals surface area contributed by atoms with Gasteiger partial charge in [-0.3, -0.25) is 0 Å². The molecule has 3 aromatic rings. The Morgan fingerprint density at radius 3 is 2.14 bits per heavy atom. The zero-order chi connectivity index (χ0) is 21.0. The molecule has 1 aromatic heterocycles. The molecule has 0 bridgehead atoms. The van der Waals surface area contributed by atoms with Crippen LogP contribution in [0.15, 0.2) is 36.5 Å². The topological polar surface area (TPSA) is 122 Å². The Hall–Kier alpha value is -3.48. The van der Waals surface area contributed by atoms with Crippen LogP contribution >= 0.6 is 0 Å². The van der Waals surface area contributed by atoms with Gasteiger partial charge in [-0.2, -0.15) is 4.98 Å². The van der Waals surface area contributed by atoms with E-state index in [1.165, 1.54) is 0 Å². The SMILES string of the molecule is CCOc1cc(Cc2cnc(N)nc2N)cc(OCC)c1-c1ccc(C)c(N)c1. The number of rotatable bonds is 7. The Kier molecular flexibility index (Phi) is 6.07. The summed E-state index contributed by atoms with van der Waals surface area (Å²) in [7, 11) is 0. The fourth-order valence-electron chi connectivity index (χ4n) is 3.16. The third-order valence-electron chi connectivity index (χ3n) is 4.60. The predicted octanol–water partition coefficient (Wildman–Crippen LogP) is 3.59. The summed E-state index contributed by atoms with van der Waals surface area (Å²) in [6, 6.07) is 9.95. The number of anilines is 3. The average molecular weight is 393 g/mol. The third kappa shape index (κ3) is 4.51. The van der Waals surface area contributed by atoms with Crippen LogP contribution in [0.3, 0.4) is 0 Å². The van der Waals surface area contributed by atoms with Gasteiger partial charge in [0.15, 0.2) is 0 Å². The second-order valence-corrected chi connectivity index (χ2v) is 6.72. The summed E-state index contributed by atoms with van der Waals surface area (Å²) in [6.07, 6.45) is 2.18. The van der Waals surface area contributed by atoms with Gasteiger partial charge in [0.1, 0.15) is 17.3 Å². The minimum absolute atomic E-state index is 0.156. The lowest BCUT2D eigenvalue weighted by Gasteiger charge is -2.18. The minimum Gasteiger partial charge on any atom is -0.493 e. The monoisotopic (exact) mass is 393 g/mol. The van der Waals surface area contributed by atoms with Crippen LogP contribution < -0.4 is 26.7 Å². The zero-order valence-electron chi connectivity index (χ0n) is 17.0. The van der Waals surface area contributed by atoms with Gasteiger partial charge in [-0.15, -0.1) is 0 Å². The highest BCUT2D eigenvalue weighted by atomic mass is 16.5. The number of nitrogens with two attached hydrogens (primary N) is 3. The maximum absolute atomic E-state index is 6.15. The highest BCUT2D eigenvalue weighted by molar-refractivity contribution is 5.80. The molecule has 7 nitrogen and oxygen atoms in total. The van der Waals surface area contributed by atoms with E-state index < -0.39 is 0 Å². The van der Waals surface area contributed by atoms with Crippen molar-refractivity contribution in [2.45, 2.75) is 27.2 Å². The Morgan fingerprint density at radius 2 is 1.59 bits per heavy atom. The van der Waals surface area contributed by atoms with Gasteiger partial charge in [-0.25, -0.2) is 4.98 Å². The van der Waals surface area contributed by atoms with Crippen LogP contribution in [0.4, 0.5) is 17.5 Å². The number of benzene rings is 2. The summed E-state index contributed by atoms with van der Waals surface area (Å²) in [5, 5.41) is 0. The van der Waals surface area contributed by atoms with Crippen molar-refractivity contribution in [2.75, 3.05) is 30.4 Å². The molecule has 1 heterocycles. The van der Waals surface area contributed by atoms with Crippen LogP contribution in [0, 0.1) is 6.92 Å². The molecule has 0 aliphatic carbocycles. The largest absolute Gasteiger partial charge is 0.493 e. The highest BCUT2D eigenvalue weighted by Gasteiger charge is 2.17. The van der Waals surface area contributed by atoms with Gasteiger partial charge in [0.2, 0.25) is 5.95 Å². The zero-order valence-corrected chi connectivity index (χ0v) is 17.0. The van der Waals surface area contributed by atoms with Gasteiger partial charge in [0.25, 0.3) is 0 Å². The lowest BCUT2D eigenvalue weighted by molar-refractivity contribution is 0.325. The number of hydrogen-bond donors (Lipinski definition) is 3. The molecule has 0 aliphatic rings. The first kappa shape index (κ1) is 20.3. The van der Waals surface area contributed by atoms with Gasteiger partial charge in [0, 0.05) is 23.9 Å². The van der Waals surface area contributed by atoms with Crippen molar-refractivity contribution in [3.05, 3.63) is 53.2 Å². The minimum atomic E-state index is 0.156. The molecule has 6 N–H and O–H groups in total.